The van der Waals surface area contributed by atoms with Crippen molar-refractivity contribution in [3.05, 3.63) is 0 Å². The molecule has 0 aromatic carbocycles. The second kappa shape index (κ2) is 8.64. The fraction of sp³-hybridized carbons (Fsp3) is 0.900. The molecule has 0 aliphatic heterocycles. The molecule has 5 N–H and O–H groups in total. The number of aliphatic hydroxyl groups is 1. The molecule has 0 rings (SSSR count). The molecule has 0 bridgehead atoms. The topological polar surface area (TPSA) is 93.9 Å². The van der Waals surface area contributed by atoms with E-state index in [-0.39, 0.29) is 6.04 Å². The maximum atomic E-state index is 9.46. The van der Waals surface area contributed by atoms with Crippen LogP contribution in [0.2, 0.25) is 0 Å². The molecular formula is C10H23N3O2. The molecule has 0 aromatic heterocycles. The van der Waals surface area contributed by atoms with Gasteiger partial charge in [0.15, 0.2) is 0 Å². The molecule has 0 aliphatic rings. The maximum absolute atomic E-state index is 9.46. The van der Waals surface area contributed by atoms with E-state index < -0.39 is 6.10 Å². The molecule has 5 heteroatoms. The van der Waals surface area contributed by atoms with Crippen molar-refractivity contribution in [2.45, 2.75) is 38.3 Å². The van der Waals surface area contributed by atoms with Crippen molar-refractivity contribution in [1.29, 1.82) is 0 Å². The van der Waals surface area contributed by atoms with Crippen LogP contribution in [0.1, 0.15) is 26.2 Å². The Morgan fingerprint density at radius 2 is 2.13 bits per heavy atom. The van der Waals surface area contributed by atoms with Crippen LogP contribution in [0.5, 0.6) is 0 Å². The summed E-state index contributed by atoms with van der Waals surface area (Å²) in [4.78, 5) is 4.07. The van der Waals surface area contributed by atoms with E-state index in [9.17, 15) is 5.11 Å². The average Bonchev–Trinajstić information content (AvgIpc) is 2.16. The van der Waals surface area contributed by atoms with Crippen LogP contribution in [0.4, 0.5) is 0 Å². The molecule has 0 amide bonds. The molecule has 0 fully saturated rings. The van der Waals surface area contributed by atoms with Gasteiger partial charge >= 0.3 is 0 Å². The normalized spacial score (nSPS) is 16.4. The second-order valence-electron chi connectivity index (χ2n) is 3.71. The van der Waals surface area contributed by atoms with Crippen molar-refractivity contribution < 1.29 is 9.84 Å². The number of amidine groups is 1. The first kappa shape index (κ1) is 14.3. The lowest BCUT2D eigenvalue weighted by atomic mass is 10.1. The van der Waals surface area contributed by atoms with Gasteiger partial charge in [-0.2, -0.15) is 0 Å². The lowest BCUT2D eigenvalue weighted by Gasteiger charge is -2.17. The summed E-state index contributed by atoms with van der Waals surface area (Å²) in [5.74, 6) is 0.610. The van der Waals surface area contributed by atoms with Gasteiger partial charge in [0.2, 0.25) is 0 Å². The van der Waals surface area contributed by atoms with Crippen LogP contribution in [0.15, 0.2) is 4.99 Å². The summed E-state index contributed by atoms with van der Waals surface area (Å²) in [6.07, 6.45) is 2.10. The van der Waals surface area contributed by atoms with Crippen molar-refractivity contribution in [2.24, 2.45) is 16.5 Å². The summed E-state index contributed by atoms with van der Waals surface area (Å²) in [6, 6.07) is -0.215. The molecule has 5 nitrogen and oxygen atoms in total. The van der Waals surface area contributed by atoms with E-state index >= 15 is 0 Å². The Hall–Kier alpha value is -0.650. The third-order valence-corrected chi connectivity index (χ3v) is 2.14. The SMILES string of the molecule is COCC(O)C(N)CCCCN=C(C)N. The predicted octanol–water partition coefficient (Wildman–Crippen LogP) is -0.132. The summed E-state index contributed by atoms with van der Waals surface area (Å²) in [5, 5.41) is 9.46. The van der Waals surface area contributed by atoms with Gasteiger partial charge in [-0.3, -0.25) is 4.99 Å². The number of nitrogens with zero attached hydrogens (tertiary/aromatic N) is 1. The molecule has 2 unspecified atom stereocenters. The van der Waals surface area contributed by atoms with Gasteiger partial charge in [-0.05, 0) is 26.2 Å². The number of unbranched alkanes of at least 4 members (excludes halogenated alkanes) is 1. The summed E-state index contributed by atoms with van der Waals surface area (Å²) in [5.41, 5.74) is 11.1. The van der Waals surface area contributed by atoms with Crippen LogP contribution in [0.3, 0.4) is 0 Å². The Labute approximate surface area is 91.5 Å². The van der Waals surface area contributed by atoms with E-state index in [1.54, 1.807) is 14.0 Å². The number of ether oxygens (including phenoxy) is 1. The maximum Gasteiger partial charge on any atom is 0.0923 e. The van der Waals surface area contributed by atoms with Gasteiger partial charge in [-0.15, -0.1) is 0 Å². The molecule has 0 heterocycles. The minimum atomic E-state index is -0.574. The Bertz CT molecular complexity index is 182. The number of aliphatic hydroxyl groups excluding tert-OH is 1. The van der Waals surface area contributed by atoms with Crippen LogP contribution in [-0.4, -0.2) is 43.3 Å². The van der Waals surface area contributed by atoms with E-state index in [2.05, 4.69) is 4.99 Å². The molecule has 0 saturated heterocycles. The van der Waals surface area contributed by atoms with Gasteiger partial charge in [0, 0.05) is 19.7 Å². The van der Waals surface area contributed by atoms with Gasteiger partial charge in [0.05, 0.1) is 18.5 Å². The highest BCUT2D eigenvalue weighted by atomic mass is 16.5. The lowest BCUT2D eigenvalue weighted by molar-refractivity contribution is 0.0456. The number of rotatable bonds is 8. The minimum Gasteiger partial charge on any atom is -0.389 e. The molecule has 0 aromatic rings. The quantitative estimate of drug-likeness (QED) is 0.300. The largest absolute Gasteiger partial charge is 0.389 e. The summed E-state index contributed by atoms with van der Waals surface area (Å²) < 4.78 is 4.82. The van der Waals surface area contributed by atoms with Gasteiger partial charge in [0.25, 0.3) is 0 Å². The fourth-order valence-electron chi connectivity index (χ4n) is 1.23. The van der Waals surface area contributed by atoms with Gasteiger partial charge in [0.1, 0.15) is 0 Å². The zero-order chi connectivity index (χ0) is 11.7. The molecule has 0 spiro atoms. The first-order valence-electron chi connectivity index (χ1n) is 5.27. The third-order valence-electron chi connectivity index (χ3n) is 2.14. The van der Waals surface area contributed by atoms with E-state index in [1.165, 1.54) is 0 Å². The summed E-state index contributed by atoms with van der Waals surface area (Å²) in [6.45, 7) is 2.80. The zero-order valence-electron chi connectivity index (χ0n) is 9.65. The number of aliphatic imine (C=N–C) groups is 1. The molecule has 2 atom stereocenters. The highest BCUT2D eigenvalue weighted by Gasteiger charge is 2.13. The Morgan fingerprint density at radius 3 is 2.67 bits per heavy atom. The van der Waals surface area contributed by atoms with Gasteiger partial charge in [-0.25, -0.2) is 0 Å². The molecule has 0 saturated carbocycles. The van der Waals surface area contributed by atoms with Crippen molar-refractivity contribution in [3.63, 3.8) is 0 Å². The Balaban J connectivity index is 3.46. The number of methoxy groups -OCH3 is 1. The van der Waals surface area contributed by atoms with Gasteiger partial charge < -0.3 is 21.3 Å². The van der Waals surface area contributed by atoms with Crippen molar-refractivity contribution in [2.75, 3.05) is 20.3 Å². The monoisotopic (exact) mass is 217 g/mol. The highest BCUT2D eigenvalue weighted by molar-refractivity contribution is 5.77. The summed E-state index contributed by atoms with van der Waals surface area (Å²) in [7, 11) is 1.55. The van der Waals surface area contributed by atoms with E-state index in [4.69, 9.17) is 16.2 Å². The molecule has 0 aliphatic carbocycles. The molecular weight excluding hydrogens is 194 g/mol. The first-order valence-corrected chi connectivity index (χ1v) is 5.27. The Kier molecular flexibility index (Phi) is 8.27. The van der Waals surface area contributed by atoms with E-state index in [0.717, 1.165) is 25.8 Å². The van der Waals surface area contributed by atoms with E-state index in [1.807, 2.05) is 0 Å². The second-order valence-corrected chi connectivity index (χ2v) is 3.71. The number of nitrogens with two attached hydrogens (primary N) is 2. The van der Waals surface area contributed by atoms with Crippen LogP contribution < -0.4 is 11.5 Å². The van der Waals surface area contributed by atoms with Crippen LogP contribution in [0.25, 0.3) is 0 Å². The minimum absolute atomic E-state index is 0.215. The van der Waals surface area contributed by atoms with Crippen molar-refractivity contribution in [3.8, 4) is 0 Å². The smallest absolute Gasteiger partial charge is 0.0923 e. The van der Waals surface area contributed by atoms with Crippen LogP contribution in [-0.2, 0) is 4.74 Å². The zero-order valence-corrected chi connectivity index (χ0v) is 9.65. The number of hydrogen-bond donors (Lipinski definition) is 3. The summed E-state index contributed by atoms with van der Waals surface area (Å²) >= 11 is 0. The fourth-order valence-corrected chi connectivity index (χ4v) is 1.23. The van der Waals surface area contributed by atoms with Crippen LogP contribution in [0, 0.1) is 0 Å². The highest BCUT2D eigenvalue weighted by Crippen LogP contribution is 2.03. The van der Waals surface area contributed by atoms with Crippen LogP contribution >= 0.6 is 0 Å². The van der Waals surface area contributed by atoms with E-state index in [0.29, 0.717) is 12.4 Å². The average molecular weight is 217 g/mol. The van der Waals surface area contributed by atoms with Gasteiger partial charge in [-0.1, -0.05) is 0 Å². The third kappa shape index (κ3) is 8.35. The lowest BCUT2D eigenvalue weighted by Crippen LogP contribution is -2.37. The standard InChI is InChI=1S/C10H23N3O2/c1-8(11)13-6-4-3-5-9(12)10(14)7-15-2/h9-10,14H,3-7,12H2,1-2H3,(H2,11,13). The number of hydrogen-bond acceptors (Lipinski definition) is 4. The van der Waals surface area contributed by atoms with Crippen molar-refractivity contribution in [1.82, 2.24) is 0 Å². The predicted molar refractivity (Wildman–Crippen MR) is 61.9 cm³/mol. The molecule has 0 radical (unpaired) electrons. The van der Waals surface area contributed by atoms with Crippen molar-refractivity contribution >= 4 is 5.84 Å². The molecule has 90 valence electrons. The molecule has 15 heavy (non-hydrogen) atoms. The first-order chi connectivity index (χ1) is 7.07. The Morgan fingerprint density at radius 1 is 1.47 bits per heavy atom.